The van der Waals surface area contributed by atoms with Crippen LogP contribution in [0, 0.1) is 0 Å². The second kappa shape index (κ2) is 7.07. The number of imidazole rings is 1. The predicted molar refractivity (Wildman–Crippen MR) is 117 cm³/mol. The van der Waals surface area contributed by atoms with Crippen LogP contribution in [0.1, 0.15) is 9.67 Å². The highest BCUT2D eigenvalue weighted by Gasteiger charge is 2.15. The summed E-state index contributed by atoms with van der Waals surface area (Å²) in [4.78, 5) is 18.2. The van der Waals surface area contributed by atoms with Gasteiger partial charge in [0.05, 0.1) is 23.4 Å². The lowest BCUT2D eigenvalue weighted by Gasteiger charge is -2.11. The number of rotatable bonds is 4. The van der Waals surface area contributed by atoms with Crippen LogP contribution in [0.3, 0.4) is 0 Å². The van der Waals surface area contributed by atoms with E-state index in [9.17, 15) is 4.79 Å². The zero-order valence-corrected chi connectivity index (χ0v) is 16.4. The van der Waals surface area contributed by atoms with Gasteiger partial charge in [-0.2, -0.15) is 0 Å². The molecule has 6 heteroatoms. The fourth-order valence-electron chi connectivity index (χ4n) is 3.32. The molecular formula is C23H17N3O2S. The van der Waals surface area contributed by atoms with Gasteiger partial charge >= 0.3 is 0 Å². The minimum atomic E-state index is -0.156. The van der Waals surface area contributed by atoms with E-state index in [2.05, 4.69) is 10.3 Å². The van der Waals surface area contributed by atoms with Crippen LogP contribution in [0.15, 0.2) is 79.1 Å². The van der Waals surface area contributed by atoms with Gasteiger partial charge in [-0.15, -0.1) is 11.3 Å². The smallest absolute Gasteiger partial charge is 0.265 e. The third-order valence-electron chi connectivity index (χ3n) is 4.76. The zero-order valence-electron chi connectivity index (χ0n) is 15.6. The standard InChI is InChI=1S/C23H17N3O2S/c1-28-19-10-9-15(18-14-26-11-5-4-8-22(26)24-18)12-17(19)25-23(27)21-13-16-6-2-3-7-20(16)29-21/h2-14H,1H3,(H,25,27). The van der Waals surface area contributed by atoms with Gasteiger partial charge in [0.15, 0.2) is 0 Å². The molecule has 0 aliphatic heterocycles. The number of aromatic nitrogens is 2. The van der Waals surface area contributed by atoms with Gasteiger partial charge in [0.2, 0.25) is 0 Å². The first kappa shape index (κ1) is 17.5. The number of carbonyl (C=O) groups excluding carboxylic acids is 1. The second-order valence-electron chi connectivity index (χ2n) is 6.61. The van der Waals surface area contributed by atoms with Gasteiger partial charge in [0.1, 0.15) is 11.4 Å². The molecule has 29 heavy (non-hydrogen) atoms. The van der Waals surface area contributed by atoms with Crippen molar-refractivity contribution >= 4 is 38.7 Å². The summed E-state index contributed by atoms with van der Waals surface area (Å²) in [7, 11) is 1.59. The van der Waals surface area contributed by atoms with E-state index in [1.54, 1.807) is 7.11 Å². The van der Waals surface area contributed by atoms with Crippen molar-refractivity contribution in [2.24, 2.45) is 0 Å². The van der Waals surface area contributed by atoms with E-state index in [1.165, 1.54) is 11.3 Å². The molecular weight excluding hydrogens is 382 g/mol. The Kier molecular flexibility index (Phi) is 4.26. The number of hydrogen-bond donors (Lipinski definition) is 1. The Hall–Kier alpha value is -3.64. The fraction of sp³-hybridized carbons (Fsp3) is 0.0435. The molecule has 0 bridgehead atoms. The number of nitrogens with zero attached hydrogens (tertiary/aromatic N) is 2. The van der Waals surface area contributed by atoms with Crippen LogP contribution in [0.25, 0.3) is 27.0 Å². The van der Waals surface area contributed by atoms with Crippen molar-refractivity contribution < 1.29 is 9.53 Å². The number of carbonyl (C=O) groups is 1. The third kappa shape index (κ3) is 3.23. The minimum Gasteiger partial charge on any atom is -0.495 e. The van der Waals surface area contributed by atoms with Gasteiger partial charge in [0.25, 0.3) is 5.91 Å². The van der Waals surface area contributed by atoms with E-state index >= 15 is 0 Å². The summed E-state index contributed by atoms with van der Waals surface area (Å²) in [5.74, 6) is 0.448. The van der Waals surface area contributed by atoms with Gasteiger partial charge in [0, 0.05) is 22.7 Å². The van der Waals surface area contributed by atoms with E-state index in [1.807, 2.05) is 83.5 Å². The Morgan fingerprint density at radius 2 is 1.93 bits per heavy atom. The maximum atomic E-state index is 12.9. The van der Waals surface area contributed by atoms with Crippen LogP contribution in [-0.4, -0.2) is 22.4 Å². The lowest BCUT2D eigenvalue weighted by molar-refractivity contribution is 0.103. The van der Waals surface area contributed by atoms with Crippen LogP contribution in [-0.2, 0) is 0 Å². The van der Waals surface area contributed by atoms with Crippen molar-refractivity contribution in [3.05, 3.63) is 84.0 Å². The molecule has 142 valence electrons. The van der Waals surface area contributed by atoms with Gasteiger partial charge < -0.3 is 14.5 Å². The largest absolute Gasteiger partial charge is 0.495 e. The number of methoxy groups -OCH3 is 1. The first-order chi connectivity index (χ1) is 14.2. The topological polar surface area (TPSA) is 55.6 Å². The van der Waals surface area contributed by atoms with Gasteiger partial charge in [-0.3, -0.25) is 4.79 Å². The maximum Gasteiger partial charge on any atom is 0.265 e. The Morgan fingerprint density at radius 3 is 2.76 bits per heavy atom. The second-order valence-corrected chi connectivity index (χ2v) is 7.69. The van der Waals surface area contributed by atoms with Crippen molar-refractivity contribution in [2.75, 3.05) is 12.4 Å². The summed E-state index contributed by atoms with van der Waals surface area (Å²) < 4.78 is 8.51. The van der Waals surface area contributed by atoms with E-state index in [0.29, 0.717) is 16.3 Å². The van der Waals surface area contributed by atoms with Crippen molar-refractivity contribution in [3.63, 3.8) is 0 Å². The number of nitrogens with one attached hydrogen (secondary N) is 1. The molecule has 5 aromatic rings. The highest BCUT2D eigenvalue weighted by atomic mass is 32.1. The SMILES string of the molecule is COc1ccc(-c2cn3ccccc3n2)cc1NC(=O)c1cc2ccccc2s1. The molecule has 0 radical (unpaired) electrons. The molecule has 1 N–H and O–H groups in total. The molecule has 0 fully saturated rings. The van der Waals surface area contributed by atoms with E-state index in [0.717, 1.165) is 27.0 Å². The molecule has 0 aliphatic carbocycles. The van der Waals surface area contributed by atoms with Crippen LogP contribution in [0.5, 0.6) is 5.75 Å². The summed E-state index contributed by atoms with van der Waals surface area (Å²) >= 11 is 1.47. The number of fused-ring (bicyclic) bond motifs is 2. The Balaban J connectivity index is 1.49. The summed E-state index contributed by atoms with van der Waals surface area (Å²) in [6, 6.07) is 21.4. The van der Waals surface area contributed by atoms with Crippen molar-refractivity contribution in [1.29, 1.82) is 0 Å². The molecule has 0 spiro atoms. The summed E-state index contributed by atoms with van der Waals surface area (Å²) in [5, 5.41) is 4.06. The van der Waals surface area contributed by atoms with Crippen LogP contribution in [0.2, 0.25) is 0 Å². The fourth-order valence-corrected chi connectivity index (χ4v) is 4.27. The quantitative estimate of drug-likeness (QED) is 0.436. The average molecular weight is 399 g/mol. The maximum absolute atomic E-state index is 12.9. The number of hydrogen-bond acceptors (Lipinski definition) is 4. The Morgan fingerprint density at radius 1 is 1.07 bits per heavy atom. The minimum absolute atomic E-state index is 0.156. The Bertz CT molecular complexity index is 1290. The number of anilines is 1. The third-order valence-corrected chi connectivity index (χ3v) is 5.87. The average Bonchev–Trinajstić information content (AvgIpc) is 3.38. The van der Waals surface area contributed by atoms with E-state index in [-0.39, 0.29) is 5.91 Å². The zero-order chi connectivity index (χ0) is 19.8. The van der Waals surface area contributed by atoms with Gasteiger partial charge in [-0.05, 0) is 47.9 Å². The van der Waals surface area contributed by atoms with Crippen molar-refractivity contribution in [3.8, 4) is 17.0 Å². The summed E-state index contributed by atoms with van der Waals surface area (Å²) in [6.07, 6.45) is 3.92. The van der Waals surface area contributed by atoms with Crippen LogP contribution in [0.4, 0.5) is 5.69 Å². The predicted octanol–water partition coefficient (Wildman–Crippen LogP) is 5.48. The molecule has 3 heterocycles. The molecule has 1 amide bonds. The number of pyridine rings is 1. The number of thiophene rings is 1. The molecule has 3 aromatic heterocycles. The van der Waals surface area contributed by atoms with Gasteiger partial charge in [-0.1, -0.05) is 24.3 Å². The van der Waals surface area contributed by atoms with Crippen molar-refractivity contribution in [2.45, 2.75) is 0 Å². The highest BCUT2D eigenvalue weighted by molar-refractivity contribution is 7.20. The molecule has 0 atom stereocenters. The first-order valence-electron chi connectivity index (χ1n) is 9.13. The lowest BCUT2D eigenvalue weighted by atomic mass is 10.1. The molecule has 0 saturated carbocycles. The molecule has 0 aliphatic rings. The molecule has 0 unspecified atom stereocenters. The summed E-state index contributed by atoms with van der Waals surface area (Å²) in [6.45, 7) is 0. The molecule has 0 saturated heterocycles. The lowest BCUT2D eigenvalue weighted by Crippen LogP contribution is -2.11. The van der Waals surface area contributed by atoms with Crippen LogP contribution >= 0.6 is 11.3 Å². The number of ether oxygens (including phenoxy) is 1. The van der Waals surface area contributed by atoms with Crippen LogP contribution < -0.4 is 10.1 Å². The first-order valence-corrected chi connectivity index (χ1v) is 9.95. The molecule has 5 rings (SSSR count). The molecule has 5 nitrogen and oxygen atoms in total. The van der Waals surface area contributed by atoms with Crippen molar-refractivity contribution in [1.82, 2.24) is 9.38 Å². The van der Waals surface area contributed by atoms with E-state index < -0.39 is 0 Å². The van der Waals surface area contributed by atoms with Gasteiger partial charge in [-0.25, -0.2) is 4.98 Å². The molecule has 2 aromatic carbocycles. The normalized spacial score (nSPS) is 11.1. The number of amides is 1. The van der Waals surface area contributed by atoms with E-state index in [4.69, 9.17) is 4.74 Å². The highest BCUT2D eigenvalue weighted by Crippen LogP contribution is 2.32. The monoisotopic (exact) mass is 399 g/mol. The number of benzene rings is 2. The Labute approximate surface area is 171 Å². The summed E-state index contributed by atoms with van der Waals surface area (Å²) in [5.41, 5.74) is 3.22.